The van der Waals surface area contributed by atoms with E-state index < -0.39 is 0 Å². The summed E-state index contributed by atoms with van der Waals surface area (Å²) in [7, 11) is 2.03. The standard InChI is InChI=1S/C13H21N3O/c1-13(7-8-13)12-15-11(17-16-12)9-5-3-4-6-10(9)14-2/h9-10,14H,3-8H2,1-2H3. The molecule has 2 atom stereocenters. The maximum Gasteiger partial charge on any atom is 0.231 e. The van der Waals surface area contributed by atoms with E-state index >= 15 is 0 Å². The lowest BCUT2D eigenvalue weighted by molar-refractivity contribution is 0.269. The molecule has 2 aliphatic carbocycles. The van der Waals surface area contributed by atoms with Gasteiger partial charge < -0.3 is 9.84 Å². The van der Waals surface area contributed by atoms with E-state index in [-0.39, 0.29) is 5.41 Å². The molecule has 0 spiro atoms. The smallest absolute Gasteiger partial charge is 0.231 e. The third kappa shape index (κ3) is 1.99. The third-order valence-electron chi connectivity index (χ3n) is 4.44. The molecule has 0 aromatic carbocycles. The van der Waals surface area contributed by atoms with Gasteiger partial charge in [-0.05, 0) is 32.7 Å². The van der Waals surface area contributed by atoms with Crippen molar-refractivity contribution in [1.82, 2.24) is 15.5 Å². The molecule has 17 heavy (non-hydrogen) atoms. The molecule has 1 heterocycles. The Bertz CT molecular complexity index is 397. The normalized spacial score (nSPS) is 31.4. The van der Waals surface area contributed by atoms with Gasteiger partial charge in [-0.15, -0.1) is 0 Å². The minimum absolute atomic E-state index is 0.214. The Morgan fingerprint density at radius 3 is 2.76 bits per heavy atom. The molecule has 2 saturated carbocycles. The van der Waals surface area contributed by atoms with Crippen molar-refractivity contribution >= 4 is 0 Å². The summed E-state index contributed by atoms with van der Waals surface area (Å²) in [5.74, 6) is 2.19. The van der Waals surface area contributed by atoms with Crippen molar-refractivity contribution in [1.29, 1.82) is 0 Å². The van der Waals surface area contributed by atoms with E-state index in [0.29, 0.717) is 12.0 Å². The monoisotopic (exact) mass is 235 g/mol. The SMILES string of the molecule is CNC1CCCCC1c1nc(C2(C)CC2)no1. The Hall–Kier alpha value is -0.900. The summed E-state index contributed by atoms with van der Waals surface area (Å²) in [5, 5.41) is 7.57. The van der Waals surface area contributed by atoms with Crippen molar-refractivity contribution in [2.45, 2.75) is 62.8 Å². The molecule has 2 unspecified atom stereocenters. The van der Waals surface area contributed by atoms with Gasteiger partial charge in [0.05, 0.1) is 5.92 Å². The van der Waals surface area contributed by atoms with Gasteiger partial charge >= 0.3 is 0 Å². The van der Waals surface area contributed by atoms with E-state index in [0.717, 1.165) is 11.7 Å². The Labute approximate surface area is 102 Å². The fourth-order valence-corrected chi connectivity index (χ4v) is 2.81. The van der Waals surface area contributed by atoms with E-state index in [1.54, 1.807) is 0 Å². The first-order chi connectivity index (χ1) is 8.23. The first-order valence-electron chi connectivity index (χ1n) is 6.74. The fourth-order valence-electron chi connectivity index (χ4n) is 2.81. The topological polar surface area (TPSA) is 51.0 Å². The average Bonchev–Trinajstić information content (AvgIpc) is 2.94. The van der Waals surface area contributed by atoms with Crippen molar-refractivity contribution < 1.29 is 4.52 Å². The molecular formula is C13H21N3O. The zero-order valence-corrected chi connectivity index (χ0v) is 10.7. The molecule has 1 aromatic heterocycles. The number of nitrogens with zero attached hydrogens (tertiary/aromatic N) is 2. The lowest BCUT2D eigenvalue weighted by Gasteiger charge is -2.28. The van der Waals surface area contributed by atoms with Gasteiger partial charge in [0, 0.05) is 11.5 Å². The third-order valence-corrected chi connectivity index (χ3v) is 4.44. The van der Waals surface area contributed by atoms with Crippen LogP contribution in [-0.2, 0) is 5.41 Å². The second kappa shape index (κ2) is 4.09. The maximum absolute atomic E-state index is 5.50. The molecule has 94 valence electrons. The Morgan fingerprint density at radius 2 is 2.06 bits per heavy atom. The molecule has 4 nitrogen and oxygen atoms in total. The second-order valence-electron chi connectivity index (χ2n) is 5.80. The van der Waals surface area contributed by atoms with Crippen molar-refractivity contribution in [3.8, 4) is 0 Å². The zero-order chi connectivity index (χ0) is 11.9. The second-order valence-corrected chi connectivity index (χ2v) is 5.80. The Morgan fingerprint density at radius 1 is 1.29 bits per heavy atom. The van der Waals surface area contributed by atoms with Crippen LogP contribution in [0, 0.1) is 0 Å². The van der Waals surface area contributed by atoms with Crippen LogP contribution in [0.5, 0.6) is 0 Å². The summed E-state index contributed by atoms with van der Waals surface area (Å²) in [6.45, 7) is 2.22. The molecule has 0 amide bonds. The summed E-state index contributed by atoms with van der Waals surface area (Å²) >= 11 is 0. The van der Waals surface area contributed by atoms with Crippen molar-refractivity contribution in [3.63, 3.8) is 0 Å². The molecule has 0 radical (unpaired) electrons. The summed E-state index contributed by atoms with van der Waals surface area (Å²) in [4.78, 5) is 4.65. The molecule has 2 aliphatic rings. The largest absolute Gasteiger partial charge is 0.339 e. The van der Waals surface area contributed by atoms with Gasteiger partial charge in [0.25, 0.3) is 0 Å². The maximum atomic E-state index is 5.50. The van der Waals surface area contributed by atoms with E-state index in [1.807, 2.05) is 7.05 Å². The van der Waals surface area contributed by atoms with E-state index in [1.165, 1.54) is 38.5 Å². The van der Waals surface area contributed by atoms with E-state index in [9.17, 15) is 0 Å². The first-order valence-corrected chi connectivity index (χ1v) is 6.74. The summed E-state index contributed by atoms with van der Waals surface area (Å²) in [6.07, 6.45) is 7.37. The number of nitrogens with one attached hydrogen (secondary N) is 1. The van der Waals surface area contributed by atoms with Gasteiger partial charge in [0.1, 0.15) is 0 Å². The average molecular weight is 235 g/mol. The van der Waals surface area contributed by atoms with Crippen LogP contribution in [0.4, 0.5) is 0 Å². The predicted octanol–water partition coefficient (Wildman–Crippen LogP) is 2.37. The van der Waals surface area contributed by atoms with Crippen molar-refractivity contribution in [2.24, 2.45) is 0 Å². The molecule has 0 bridgehead atoms. The van der Waals surface area contributed by atoms with Crippen LogP contribution in [0.25, 0.3) is 0 Å². The molecule has 0 aliphatic heterocycles. The van der Waals surface area contributed by atoms with Gasteiger partial charge in [-0.25, -0.2) is 0 Å². The molecule has 3 rings (SSSR count). The fraction of sp³-hybridized carbons (Fsp3) is 0.846. The van der Waals surface area contributed by atoms with Crippen molar-refractivity contribution in [3.05, 3.63) is 11.7 Å². The van der Waals surface area contributed by atoms with E-state index in [4.69, 9.17) is 4.52 Å². The van der Waals surface area contributed by atoms with Crippen LogP contribution in [-0.4, -0.2) is 23.2 Å². The number of aromatic nitrogens is 2. The highest BCUT2D eigenvalue weighted by Crippen LogP contribution is 2.46. The highest BCUT2D eigenvalue weighted by Gasteiger charge is 2.44. The van der Waals surface area contributed by atoms with Gasteiger partial charge in [-0.1, -0.05) is 24.9 Å². The number of rotatable bonds is 3. The van der Waals surface area contributed by atoms with Gasteiger partial charge in [0.2, 0.25) is 5.89 Å². The number of likely N-dealkylation sites (N-methyl/N-ethyl adjacent to an activating group) is 1. The highest BCUT2D eigenvalue weighted by atomic mass is 16.5. The van der Waals surface area contributed by atoms with Crippen LogP contribution in [0.1, 0.15) is 63.1 Å². The Kier molecular flexibility index (Phi) is 2.69. The quantitative estimate of drug-likeness (QED) is 0.874. The lowest BCUT2D eigenvalue weighted by atomic mass is 9.84. The van der Waals surface area contributed by atoms with Gasteiger partial charge in [-0.2, -0.15) is 4.98 Å². The van der Waals surface area contributed by atoms with Crippen LogP contribution in [0.3, 0.4) is 0 Å². The lowest BCUT2D eigenvalue weighted by Crippen LogP contribution is -2.34. The summed E-state index contributed by atoms with van der Waals surface area (Å²) < 4.78 is 5.50. The van der Waals surface area contributed by atoms with Crippen LogP contribution in [0.2, 0.25) is 0 Å². The predicted molar refractivity (Wildman–Crippen MR) is 64.9 cm³/mol. The molecule has 4 heteroatoms. The molecule has 1 aromatic rings. The van der Waals surface area contributed by atoms with Crippen LogP contribution >= 0.6 is 0 Å². The highest BCUT2D eigenvalue weighted by molar-refractivity contribution is 5.15. The zero-order valence-electron chi connectivity index (χ0n) is 10.7. The molecule has 2 fully saturated rings. The van der Waals surface area contributed by atoms with Gasteiger partial charge in [0.15, 0.2) is 5.82 Å². The van der Waals surface area contributed by atoms with E-state index in [2.05, 4.69) is 22.4 Å². The number of hydrogen-bond donors (Lipinski definition) is 1. The minimum Gasteiger partial charge on any atom is -0.339 e. The summed E-state index contributed by atoms with van der Waals surface area (Å²) in [6, 6.07) is 0.504. The Balaban J connectivity index is 1.80. The van der Waals surface area contributed by atoms with Crippen LogP contribution < -0.4 is 5.32 Å². The molecule has 0 saturated heterocycles. The molecular weight excluding hydrogens is 214 g/mol. The molecule has 1 N–H and O–H groups in total. The van der Waals surface area contributed by atoms with Crippen molar-refractivity contribution in [2.75, 3.05) is 7.05 Å². The number of hydrogen-bond acceptors (Lipinski definition) is 4. The summed E-state index contributed by atoms with van der Waals surface area (Å²) in [5.41, 5.74) is 0.214. The minimum atomic E-state index is 0.214. The van der Waals surface area contributed by atoms with Gasteiger partial charge in [-0.3, -0.25) is 0 Å². The van der Waals surface area contributed by atoms with Crippen LogP contribution in [0.15, 0.2) is 4.52 Å². The first kappa shape index (κ1) is 11.2.